The Balaban J connectivity index is 2.63. The molecule has 118 valence electrons. The molecule has 1 atom stereocenters. The van der Waals surface area contributed by atoms with Crippen LogP contribution >= 0.6 is 0 Å². The summed E-state index contributed by atoms with van der Waals surface area (Å²) in [5, 5.41) is 14.1. The SMILES string of the molecule is CNC(=O)NC[C@@H](CO)Cc1cccc(OC(F)(F)F)c1. The van der Waals surface area contributed by atoms with Crippen molar-refractivity contribution in [1.82, 2.24) is 10.6 Å². The van der Waals surface area contributed by atoms with Crippen molar-refractivity contribution in [2.75, 3.05) is 20.2 Å². The van der Waals surface area contributed by atoms with Crippen molar-refractivity contribution in [1.29, 1.82) is 0 Å². The third-order valence-corrected chi connectivity index (χ3v) is 2.69. The minimum Gasteiger partial charge on any atom is -0.406 e. The lowest BCUT2D eigenvalue weighted by molar-refractivity contribution is -0.274. The summed E-state index contributed by atoms with van der Waals surface area (Å²) in [6, 6.07) is 5.15. The number of carbonyl (C=O) groups excluding carboxylic acids is 1. The fraction of sp³-hybridized carbons (Fsp3) is 0.462. The van der Waals surface area contributed by atoms with Crippen molar-refractivity contribution in [2.24, 2.45) is 5.92 Å². The topological polar surface area (TPSA) is 70.6 Å². The van der Waals surface area contributed by atoms with Gasteiger partial charge in [0.25, 0.3) is 0 Å². The Morgan fingerprint density at radius 3 is 2.71 bits per heavy atom. The maximum Gasteiger partial charge on any atom is 0.573 e. The molecule has 0 radical (unpaired) electrons. The number of ether oxygens (including phenoxy) is 1. The van der Waals surface area contributed by atoms with Gasteiger partial charge in [-0.15, -0.1) is 13.2 Å². The fourth-order valence-corrected chi connectivity index (χ4v) is 1.73. The van der Waals surface area contributed by atoms with Crippen LogP contribution in [0.1, 0.15) is 5.56 Å². The normalized spacial score (nSPS) is 12.6. The molecule has 0 heterocycles. The zero-order valence-corrected chi connectivity index (χ0v) is 11.4. The number of urea groups is 1. The number of aliphatic hydroxyl groups excluding tert-OH is 1. The molecule has 0 aliphatic rings. The number of hydrogen-bond acceptors (Lipinski definition) is 3. The van der Waals surface area contributed by atoms with Gasteiger partial charge >= 0.3 is 12.4 Å². The third-order valence-electron chi connectivity index (χ3n) is 2.69. The van der Waals surface area contributed by atoms with E-state index in [9.17, 15) is 23.1 Å². The Labute approximate surface area is 120 Å². The molecule has 0 aliphatic heterocycles. The van der Waals surface area contributed by atoms with Crippen molar-refractivity contribution in [3.63, 3.8) is 0 Å². The lowest BCUT2D eigenvalue weighted by Gasteiger charge is -2.16. The highest BCUT2D eigenvalue weighted by Crippen LogP contribution is 2.24. The highest BCUT2D eigenvalue weighted by atomic mass is 19.4. The van der Waals surface area contributed by atoms with Crippen molar-refractivity contribution >= 4 is 6.03 Å². The molecule has 0 bridgehead atoms. The molecule has 0 fully saturated rings. The fourth-order valence-electron chi connectivity index (χ4n) is 1.73. The molecule has 0 spiro atoms. The molecule has 21 heavy (non-hydrogen) atoms. The van der Waals surface area contributed by atoms with Gasteiger partial charge < -0.3 is 20.5 Å². The maximum atomic E-state index is 12.1. The number of alkyl halides is 3. The molecule has 2 amide bonds. The monoisotopic (exact) mass is 306 g/mol. The molecule has 0 saturated heterocycles. The first kappa shape index (κ1) is 17.1. The molecule has 0 saturated carbocycles. The van der Waals surface area contributed by atoms with Crippen molar-refractivity contribution < 1.29 is 27.8 Å². The van der Waals surface area contributed by atoms with Crippen LogP contribution in [0.4, 0.5) is 18.0 Å². The van der Waals surface area contributed by atoms with Crippen LogP contribution in [0.25, 0.3) is 0 Å². The minimum absolute atomic E-state index is 0.200. The third kappa shape index (κ3) is 6.84. The van der Waals surface area contributed by atoms with Gasteiger partial charge in [-0.05, 0) is 24.1 Å². The first-order valence-corrected chi connectivity index (χ1v) is 6.25. The van der Waals surface area contributed by atoms with E-state index in [1.165, 1.54) is 25.2 Å². The summed E-state index contributed by atoms with van der Waals surface area (Å²) in [6.07, 6.45) is -4.43. The van der Waals surface area contributed by atoms with Crippen LogP contribution in [0.2, 0.25) is 0 Å². The van der Waals surface area contributed by atoms with Gasteiger partial charge in [0.05, 0.1) is 0 Å². The molecule has 0 unspecified atom stereocenters. The van der Waals surface area contributed by atoms with Gasteiger partial charge in [0.15, 0.2) is 0 Å². The molecule has 0 aromatic heterocycles. The first-order valence-electron chi connectivity index (χ1n) is 6.25. The summed E-state index contributed by atoms with van der Waals surface area (Å²) in [4.78, 5) is 11.0. The lowest BCUT2D eigenvalue weighted by Crippen LogP contribution is -2.37. The van der Waals surface area contributed by atoms with Crippen LogP contribution in [0.15, 0.2) is 24.3 Å². The van der Waals surface area contributed by atoms with Crippen LogP contribution in [0.5, 0.6) is 5.75 Å². The molecular formula is C13H17F3N2O3. The summed E-state index contributed by atoms with van der Waals surface area (Å²) in [5.74, 6) is -0.612. The predicted molar refractivity (Wildman–Crippen MR) is 69.9 cm³/mol. The Kier molecular flexibility index (Phi) is 6.29. The average molecular weight is 306 g/mol. The second-order valence-electron chi connectivity index (χ2n) is 4.41. The van der Waals surface area contributed by atoms with Crippen LogP contribution in [0, 0.1) is 5.92 Å². The molecule has 0 aliphatic carbocycles. The lowest BCUT2D eigenvalue weighted by atomic mass is 10.00. The molecule has 1 aromatic rings. The number of hydrogen-bond donors (Lipinski definition) is 3. The molecular weight excluding hydrogens is 289 g/mol. The molecule has 1 rings (SSSR count). The van der Waals surface area contributed by atoms with E-state index in [1.807, 2.05) is 0 Å². The summed E-state index contributed by atoms with van der Waals surface area (Å²) >= 11 is 0. The standard InChI is InChI=1S/C13H17F3N2O3/c1-17-12(20)18-7-10(8-19)5-9-3-2-4-11(6-9)21-13(14,15)16/h2-4,6,10,19H,5,7-8H2,1H3,(H2,17,18,20)/t10-/m0/s1. The average Bonchev–Trinajstić information content (AvgIpc) is 2.41. The number of nitrogens with one attached hydrogen (secondary N) is 2. The van der Waals surface area contributed by atoms with Crippen LogP contribution in [-0.4, -0.2) is 37.7 Å². The van der Waals surface area contributed by atoms with Gasteiger partial charge in [0.2, 0.25) is 0 Å². The number of halogens is 3. The summed E-state index contributed by atoms with van der Waals surface area (Å²) in [7, 11) is 1.46. The zero-order valence-electron chi connectivity index (χ0n) is 11.4. The van der Waals surface area contributed by atoms with Crippen molar-refractivity contribution in [2.45, 2.75) is 12.8 Å². The Hall–Kier alpha value is -1.96. The van der Waals surface area contributed by atoms with Crippen LogP contribution in [-0.2, 0) is 6.42 Å². The molecule has 3 N–H and O–H groups in total. The van der Waals surface area contributed by atoms with E-state index in [2.05, 4.69) is 15.4 Å². The van der Waals surface area contributed by atoms with E-state index < -0.39 is 6.36 Å². The van der Waals surface area contributed by atoms with Crippen LogP contribution < -0.4 is 15.4 Å². The minimum atomic E-state index is -4.74. The van der Waals surface area contributed by atoms with Crippen molar-refractivity contribution in [3.8, 4) is 5.75 Å². The van der Waals surface area contributed by atoms with Gasteiger partial charge in [-0.1, -0.05) is 12.1 Å². The molecule has 1 aromatic carbocycles. The summed E-state index contributed by atoms with van der Waals surface area (Å²) in [6.45, 7) is 0.00881. The van der Waals surface area contributed by atoms with E-state index in [-0.39, 0.29) is 30.9 Å². The molecule has 5 nitrogen and oxygen atoms in total. The predicted octanol–water partition coefficient (Wildman–Crippen LogP) is 1.67. The quantitative estimate of drug-likeness (QED) is 0.748. The zero-order chi connectivity index (χ0) is 15.9. The number of aliphatic hydroxyl groups is 1. The Bertz CT molecular complexity index is 466. The Morgan fingerprint density at radius 2 is 2.14 bits per heavy atom. The van der Waals surface area contributed by atoms with E-state index in [0.717, 1.165) is 0 Å². The Morgan fingerprint density at radius 1 is 1.43 bits per heavy atom. The highest BCUT2D eigenvalue weighted by Gasteiger charge is 2.31. The molecule has 8 heteroatoms. The van der Waals surface area contributed by atoms with Gasteiger partial charge in [-0.2, -0.15) is 0 Å². The second kappa shape index (κ2) is 7.72. The second-order valence-corrected chi connectivity index (χ2v) is 4.41. The smallest absolute Gasteiger partial charge is 0.406 e. The van der Waals surface area contributed by atoms with Gasteiger partial charge in [-0.3, -0.25) is 0 Å². The van der Waals surface area contributed by atoms with Crippen molar-refractivity contribution in [3.05, 3.63) is 29.8 Å². The largest absolute Gasteiger partial charge is 0.573 e. The first-order chi connectivity index (χ1) is 9.84. The number of rotatable bonds is 6. The van der Waals surface area contributed by atoms with Gasteiger partial charge in [0.1, 0.15) is 5.75 Å². The van der Waals surface area contributed by atoms with E-state index in [1.54, 1.807) is 6.07 Å². The van der Waals surface area contributed by atoms with Crippen LogP contribution in [0.3, 0.4) is 0 Å². The number of amides is 2. The number of benzene rings is 1. The van der Waals surface area contributed by atoms with E-state index >= 15 is 0 Å². The van der Waals surface area contributed by atoms with E-state index in [4.69, 9.17) is 0 Å². The van der Waals surface area contributed by atoms with Gasteiger partial charge in [0, 0.05) is 26.1 Å². The summed E-state index contributed by atoms with van der Waals surface area (Å²) < 4.78 is 40.2. The highest BCUT2D eigenvalue weighted by molar-refractivity contribution is 5.73. The maximum absolute atomic E-state index is 12.1. The number of carbonyl (C=O) groups is 1. The van der Waals surface area contributed by atoms with E-state index in [0.29, 0.717) is 12.0 Å². The van der Waals surface area contributed by atoms with Gasteiger partial charge in [-0.25, -0.2) is 4.79 Å². The summed E-state index contributed by atoms with van der Waals surface area (Å²) in [5.41, 5.74) is 0.578.